The van der Waals surface area contributed by atoms with Crippen LogP contribution in [-0.2, 0) is 20.8 Å². The van der Waals surface area contributed by atoms with E-state index in [9.17, 15) is 19.8 Å². The monoisotopic (exact) mass is 531 g/mol. The highest BCUT2D eigenvalue weighted by Crippen LogP contribution is 2.15. The summed E-state index contributed by atoms with van der Waals surface area (Å²) in [5, 5.41) is 18.7. The van der Waals surface area contributed by atoms with Crippen LogP contribution in [-0.4, -0.2) is 34.6 Å². The summed E-state index contributed by atoms with van der Waals surface area (Å²) in [7, 11) is 0. The number of unbranched alkanes of at least 4 members (excludes halogenated alkanes) is 17. The van der Waals surface area contributed by atoms with E-state index in [-0.39, 0.29) is 11.5 Å². The Morgan fingerprint density at radius 3 is 1.58 bits per heavy atom. The zero-order chi connectivity index (χ0) is 27.7. The second-order valence-corrected chi connectivity index (χ2v) is 10.5. The number of aliphatic carboxylic acids is 1. The van der Waals surface area contributed by atoms with E-state index in [1.165, 1.54) is 102 Å². The number of nitrogens with one attached hydrogen (secondary N) is 1. The number of hydrogen-bond donors (Lipinski definition) is 3. The molecular weight excluding hydrogens is 478 g/mol. The van der Waals surface area contributed by atoms with Crippen molar-refractivity contribution in [3.63, 3.8) is 0 Å². The lowest BCUT2D eigenvalue weighted by molar-refractivity contribution is -0.144. The smallest absolute Gasteiger partial charge is 0.323 e. The van der Waals surface area contributed by atoms with Gasteiger partial charge < -0.3 is 15.1 Å². The number of carbonyl (C=O) groups excluding carboxylic acids is 1. The fourth-order valence-electron chi connectivity index (χ4n) is 4.61. The number of carboxylic acid groups (broad SMARTS) is 1. The van der Waals surface area contributed by atoms with Gasteiger partial charge >= 0.3 is 5.97 Å². The van der Waals surface area contributed by atoms with Gasteiger partial charge in [0.1, 0.15) is 11.8 Å². The molecule has 1 aromatic carbocycles. The number of carbonyl (C=O) groups is 2. The van der Waals surface area contributed by atoms with Crippen molar-refractivity contribution in [2.75, 3.05) is 6.61 Å². The van der Waals surface area contributed by atoms with Gasteiger partial charge in [0.2, 0.25) is 0 Å². The van der Waals surface area contributed by atoms with Gasteiger partial charge in [-0.3, -0.25) is 9.59 Å². The third kappa shape index (κ3) is 19.9. The van der Waals surface area contributed by atoms with Gasteiger partial charge in [-0.25, -0.2) is 0 Å². The van der Waals surface area contributed by atoms with Crippen molar-refractivity contribution >= 4 is 11.8 Å². The van der Waals surface area contributed by atoms with Crippen LogP contribution in [0.5, 0.6) is 5.75 Å². The van der Waals surface area contributed by atoms with Gasteiger partial charge in [0.15, 0.2) is 5.78 Å². The molecule has 0 bridgehead atoms. The SMILES string of the molecule is C=CC(=O)CCCCCCCCCCCCCCCCCCCCON[C@@H](Cc1ccc(O)cc1)C(=O)O. The summed E-state index contributed by atoms with van der Waals surface area (Å²) >= 11 is 0. The minimum absolute atomic E-state index is 0.168. The minimum atomic E-state index is -0.948. The predicted molar refractivity (Wildman–Crippen MR) is 155 cm³/mol. The molecule has 0 fully saturated rings. The molecule has 6 heteroatoms. The summed E-state index contributed by atoms with van der Waals surface area (Å²) in [4.78, 5) is 28.0. The molecule has 0 radical (unpaired) electrons. The van der Waals surface area contributed by atoms with Gasteiger partial charge in [-0.2, -0.15) is 5.48 Å². The average Bonchev–Trinajstić information content (AvgIpc) is 2.91. The van der Waals surface area contributed by atoms with Crippen LogP contribution in [0.3, 0.4) is 0 Å². The van der Waals surface area contributed by atoms with Crippen LogP contribution in [0.25, 0.3) is 0 Å². The van der Waals surface area contributed by atoms with Crippen molar-refractivity contribution < 1.29 is 24.6 Å². The molecule has 3 N–H and O–H groups in total. The predicted octanol–water partition coefficient (Wildman–Crippen LogP) is 8.08. The molecule has 38 heavy (non-hydrogen) atoms. The van der Waals surface area contributed by atoms with Crippen LogP contribution in [0, 0.1) is 0 Å². The number of allylic oxidation sites excluding steroid dienone is 1. The van der Waals surface area contributed by atoms with Crippen molar-refractivity contribution in [1.29, 1.82) is 0 Å². The van der Waals surface area contributed by atoms with Crippen molar-refractivity contribution in [3.05, 3.63) is 42.5 Å². The quantitative estimate of drug-likeness (QED) is 0.0603. The summed E-state index contributed by atoms with van der Waals surface area (Å²) in [6.07, 6.45) is 25.1. The van der Waals surface area contributed by atoms with E-state index in [1.54, 1.807) is 24.3 Å². The maximum absolute atomic E-state index is 11.4. The normalized spacial score (nSPS) is 11.9. The van der Waals surface area contributed by atoms with Crippen molar-refractivity contribution in [3.8, 4) is 5.75 Å². The maximum Gasteiger partial charge on any atom is 0.323 e. The molecule has 216 valence electrons. The Morgan fingerprint density at radius 2 is 1.16 bits per heavy atom. The molecule has 0 unspecified atom stereocenters. The third-order valence-electron chi connectivity index (χ3n) is 7.05. The lowest BCUT2D eigenvalue weighted by Crippen LogP contribution is -2.38. The molecule has 0 aliphatic carbocycles. The van der Waals surface area contributed by atoms with E-state index in [1.807, 2.05) is 0 Å². The number of benzene rings is 1. The number of carboxylic acids is 1. The Balaban J connectivity index is 1.80. The molecule has 0 saturated heterocycles. The van der Waals surface area contributed by atoms with Crippen molar-refractivity contribution in [1.82, 2.24) is 5.48 Å². The third-order valence-corrected chi connectivity index (χ3v) is 7.05. The summed E-state index contributed by atoms with van der Waals surface area (Å²) in [6.45, 7) is 4.02. The molecule has 0 aromatic heterocycles. The summed E-state index contributed by atoms with van der Waals surface area (Å²) in [5.41, 5.74) is 3.51. The molecule has 1 atom stereocenters. The number of phenolic OH excluding ortho intramolecular Hbond substituents is 1. The van der Waals surface area contributed by atoms with Crippen LogP contribution >= 0.6 is 0 Å². The molecule has 1 aromatic rings. The van der Waals surface area contributed by atoms with E-state index in [0.29, 0.717) is 19.4 Å². The van der Waals surface area contributed by atoms with Crippen molar-refractivity contribution in [2.24, 2.45) is 0 Å². The standard InChI is InChI=1S/C32H53NO5/c1-2-29(34)21-19-17-15-13-11-9-7-5-3-4-6-8-10-12-14-16-18-20-26-38-33-31(32(36)37)27-28-22-24-30(35)25-23-28/h2,22-25,31,33,35H,1,3-21,26-27H2,(H,36,37)/t31-/m0/s1. The topological polar surface area (TPSA) is 95.9 Å². The number of rotatable bonds is 27. The van der Waals surface area contributed by atoms with Crippen LogP contribution in [0.1, 0.15) is 128 Å². The van der Waals surface area contributed by atoms with Crippen molar-refractivity contribution in [2.45, 2.75) is 134 Å². The molecule has 0 heterocycles. The summed E-state index contributed by atoms with van der Waals surface area (Å²) in [6, 6.07) is 5.75. The lowest BCUT2D eigenvalue weighted by atomic mass is 10.0. The van der Waals surface area contributed by atoms with E-state index >= 15 is 0 Å². The molecular formula is C32H53NO5. The van der Waals surface area contributed by atoms with E-state index in [2.05, 4.69) is 12.1 Å². The highest BCUT2D eigenvalue weighted by molar-refractivity contribution is 5.88. The zero-order valence-electron chi connectivity index (χ0n) is 23.6. The second-order valence-electron chi connectivity index (χ2n) is 10.5. The first-order valence-electron chi connectivity index (χ1n) is 15.1. The van der Waals surface area contributed by atoms with Crippen LogP contribution in [0.4, 0.5) is 0 Å². The molecule has 0 aliphatic rings. The average molecular weight is 532 g/mol. The lowest BCUT2D eigenvalue weighted by Gasteiger charge is -2.14. The Morgan fingerprint density at radius 1 is 0.737 bits per heavy atom. The Hall–Kier alpha value is -2.18. The minimum Gasteiger partial charge on any atom is -0.508 e. The fraction of sp³-hybridized carbons (Fsp3) is 0.688. The molecule has 0 amide bonds. The van der Waals surface area contributed by atoms with Gasteiger partial charge in [-0.05, 0) is 36.6 Å². The highest BCUT2D eigenvalue weighted by Gasteiger charge is 2.17. The molecule has 6 nitrogen and oxygen atoms in total. The number of hydrogen-bond acceptors (Lipinski definition) is 5. The fourth-order valence-corrected chi connectivity index (χ4v) is 4.61. The Labute approximate surface area is 231 Å². The van der Waals surface area contributed by atoms with Gasteiger partial charge in [0, 0.05) is 12.8 Å². The largest absolute Gasteiger partial charge is 0.508 e. The zero-order valence-corrected chi connectivity index (χ0v) is 23.6. The van der Waals surface area contributed by atoms with Gasteiger partial charge in [-0.15, -0.1) is 0 Å². The van der Waals surface area contributed by atoms with E-state index < -0.39 is 12.0 Å². The first kappa shape index (κ1) is 33.8. The highest BCUT2D eigenvalue weighted by atomic mass is 16.6. The number of ketones is 1. The number of hydroxylamine groups is 1. The molecule has 0 spiro atoms. The van der Waals surface area contributed by atoms with Crippen LogP contribution in [0.2, 0.25) is 0 Å². The maximum atomic E-state index is 11.4. The van der Waals surface area contributed by atoms with Crippen LogP contribution in [0.15, 0.2) is 36.9 Å². The first-order valence-corrected chi connectivity index (χ1v) is 15.1. The van der Waals surface area contributed by atoms with E-state index in [0.717, 1.165) is 24.8 Å². The first-order chi connectivity index (χ1) is 18.5. The Kier molecular flexibility index (Phi) is 21.3. The second kappa shape index (κ2) is 23.9. The molecule has 0 saturated carbocycles. The molecule has 0 aliphatic heterocycles. The molecule has 1 rings (SSSR count). The Bertz CT molecular complexity index is 734. The van der Waals surface area contributed by atoms with Gasteiger partial charge in [-0.1, -0.05) is 121 Å². The van der Waals surface area contributed by atoms with Crippen LogP contribution < -0.4 is 5.48 Å². The van der Waals surface area contributed by atoms with Gasteiger partial charge in [0.25, 0.3) is 0 Å². The number of phenols is 1. The van der Waals surface area contributed by atoms with Gasteiger partial charge in [0.05, 0.1) is 6.61 Å². The summed E-state index contributed by atoms with van der Waals surface area (Å²) < 4.78 is 0. The number of aromatic hydroxyl groups is 1. The van der Waals surface area contributed by atoms with E-state index in [4.69, 9.17) is 4.84 Å². The summed E-state index contributed by atoms with van der Waals surface area (Å²) in [5.74, 6) is -0.604.